The molecule has 0 atom stereocenters. The number of benzene rings is 3. The molecule has 3 rings (SSSR count). The van der Waals surface area contributed by atoms with Crippen LogP contribution < -0.4 is 29.7 Å². The van der Waals surface area contributed by atoms with Gasteiger partial charge in [-0.05, 0) is 96.7 Å². The molecular weight excluding hydrogens is 614 g/mol. The summed E-state index contributed by atoms with van der Waals surface area (Å²) in [5.41, 5.74) is 5.01. The molecule has 0 saturated heterocycles. The summed E-state index contributed by atoms with van der Waals surface area (Å²) >= 11 is 9.61. The van der Waals surface area contributed by atoms with Crippen molar-refractivity contribution in [1.82, 2.24) is 5.43 Å². The number of amides is 2. The first-order chi connectivity index (χ1) is 19.7. The molecule has 0 bridgehead atoms. The van der Waals surface area contributed by atoms with Crippen LogP contribution in [0, 0.1) is 6.92 Å². The first-order valence-electron chi connectivity index (χ1n) is 13.1. The van der Waals surface area contributed by atoms with Gasteiger partial charge in [0.05, 0.1) is 30.5 Å². The van der Waals surface area contributed by atoms with E-state index in [-0.39, 0.29) is 12.5 Å². The molecular formula is C30H33BrClN3O6. The average molecular weight is 647 g/mol. The molecule has 3 aromatic rings. The van der Waals surface area contributed by atoms with Crippen molar-refractivity contribution in [3.63, 3.8) is 0 Å². The van der Waals surface area contributed by atoms with Crippen LogP contribution in [0.5, 0.6) is 23.0 Å². The number of carbonyl (C=O) groups excluding carboxylic acids is 2. The molecule has 0 spiro atoms. The second kappa shape index (κ2) is 15.9. The van der Waals surface area contributed by atoms with Gasteiger partial charge in [0.2, 0.25) is 0 Å². The number of hydrazone groups is 1. The van der Waals surface area contributed by atoms with Gasteiger partial charge in [-0.1, -0.05) is 24.6 Å². The minimum absolute atomic E-state index is 0.250. The van der Waals surface area contributed by atoms with E-state index in [9.17, 15) is 9.59 Å². The van der Waals surface area contributed by atoms with Crippen molar-refractivity contribution < 1.29 is 28.5 Å². The van der Waals surface area contributed by atoms with Crippen molar-refractivity contribution in [2.75, 3.05) is 31.7 Å². The van der Waals surface area contributed by atoms with Crippen molar-refractivity contribution in [2.45, 2.75) is 34.1 Å². The van der Waals surface area contributed by atoms with Crippen LogP contribution in [0.15, 0.2) is 58.1 Å². The zero-order valence-corrected chi connectivity index (χ0v) is 25.7. The Morgan fingerprint density at radius 2 is 1.68 bits per heavy atom. The number of rotatable bonds is 14. The third-order valence-corrected chi connectivity index (χ3v) is 6.48. The van der Waals surface area contributed by atoms with Gasteiger partial charge in [-0.3, -0.25) is 9.59 Å². The van der Waals surface area contributed by atoms with Gasteiger partial charge < -0.3 is 24.3 Å². The van der Waals surface area contributed by atoms with Crippen molar-refractivity contribution in [2.24, 2.45) is 5.10 Å². The summed E-state index contributed by atoms with van der Waals surface area (Å²) < 4.78 is 23.4. The summed E-state index contributed by atoms with van der Waals surface area (Å²) in [4.78, 5) is 25.2. The van der Waals surface area contributed by atoms with Gasteiger partial charge >= 0.3 is 0 Å². The zero-order chi connectivity index (χ0) is 29.8. The lowest BCUT2D eigenvalue weighted by atomic mass is 10.2. The fraction of sp³-hybridized carbons (Fsp3) is 0.300. The highest BCUT2D eigenvalue weighted by Crippen LogP contribution is 2.36. The lowest BCUT2D eigenvalue weighted by molar-refractivity contribution is -0.118. The van der Waals surface area contributed by atoms with Gasteiger partial charge in [0, 0.05) is 16.3 Å². The minimum atomic E-state index is -0.408. The topological polar surface area (TPSA) is 107 Å². The number of ether oxygens (including phenoxy) is 4. The maximum Gasteiger partial charge on any atom is 0.271 e. The van der Waals surface area contributed by atoms with E-state index >= 15 is 0 Å². The van der Waals surface area contributed by atoms with E-state index in [2.05, 4.69) is 31.8 Å². The van der Waals surface area contributed by atoms with Crippen LogP contribution in [0.25, 0.3) is 0 Å². The smallest absolute Gasteiger partial charge is 0.271 e. The molecule has 0 unspecified atom stereocenters. The number of hydrogen-bond donors (Lipinski definition) is 2. The Balaban J connectivity index is 1.66. The number of hydrogen-bond acceptors (Lipinski definition) is 7. The molecule has 2 N–H and O–H groups in total. The summed E-state index contributed by atoms with van der Waals surface area (Å²) in [7, 11) is 0. The molecule has 0 aromatic heterocycles. The van der Waals surface area contributed by atoms with Gasteiger partial charge in [0.15, 0.2) is 29.6 Å². The Labute approximate surface area is 253 Å². The second-order valence-corrected chi connectivity index (χ2v) is 9.97. The number of nitrogens with zero attached hydrogens (tertiary/aromatic N) is 1. The Bertz CT molecular complexity index is 1400. The molecule has 41 heavy (non-hydrogen) atoms. The highest BCUT2D eigenvalue weighted by molar-refractivity contribution is 9.10. The van der Waals surface area contributed by atoms with E-state index in [1.807, 2.05) is 33.8 Å². The maximum atomic E-state index is 12.7. The van der Waals surface area contributed by atoms with Gasteiger partial charge in [-0.15, -0.1) is 0 Å². The van der Waals surface area contributed by atoms with Crippen LogP contribution in [0.1, 0.15) is 48.7 Å². The van der Waals surface area contributed by atoms with Crippen LogP contribution in [0.2, 0.25) is 5.02 Å². The lowest BCUT2D eigenvalue weighted by Crippen LogP contribution is -2.20. The highest BCUT2D eigenvalue weighted by atomic mass is 79.9. The van der Waals surface area contributed by atoms with Crippen LogP contribution in [-0.4, -0.2) is 44.5 Å². The molecule has 9 nitrogen and oxygen atoms in total. The second-order valence-electron chi connectivity index (χ2n) is 8.71. The third-order valence-electron chi connectivity index (χ3n) is 5.48. The fourth-order valence-corrected chi connectivity index (χ4v) is 4.30. The molecule has 0 radical (unpaired) electrons. The Hall–Kier alpha value is -3.76. The van der Waals surface area contributed by atoms with Gasteiger partial charge in [0.25, 0.3) is 11.8 Å². The first-order valence-corrected chi connectivity index (χ1v) is 14.3. The molecule has 0 aliphatic heterocycles. The predicted molar refractivity (Wildman–Crippen MR) is 164 cm³/mol. The SMILES string of the molecule is CCCOc1ccc(C(=O)N/N=C/c2cc(Br)c(OCC(=O)Nc3ccc(C)c(Cl)c3)c(OCC)c2)cc1OCC. The van der Waals surface area contributed by atoms with Crippen molar-refractivity contribution in [1.29, 1.82) is 0 Å². The molecule has 0 aliphatic carbocycles. The van der Waals surface area contributed by atoms with E-state index in [4.69, 9.17) is 30.5 Å². The summed E-state index contributed by atoms with van der Waals surface area (Å²) in [6, 6.07) is 13.7. The monoisotopic (exact) mass is 645 g/mol. The third kappa shape index (κ3) is 9.40. The van der Waals surface area contributed by atoms with E-state index in [0.717, 1.165) is 12.0 Å². The number of carbonyl (C=O) groups is 2. The Morgan fingerprint density at radius 3 is 2.39 bits per heavy atom. The average Bonchev–Trinajstić information content (AvgIpc) is 2.94. The van der Waals surface area contributed by atoms with Crippen LogP contribution >= 0.6 is 27.5 Å². The van der Waals surface area contributed by atoms with Crippen LogP contribution in [-0.2, 0) is 4.79 Å². The molecule has 0 fully saturated rings. The lowest BCUT2D eigenvalue weighted by Gasteiger charge is -2.15. The number of nitrogens with one attached hydrogen (secondary N) is 2. The summed E-state index contributed by atoms with van der Waals surface area (Å²) in [6.07, 6.45) is 2.33. The van der Waals surface area contributed by atoms with E-state index in [1.54, 1.807) is 42.5 Å². The normalized spacial score (nSPS) is 10.8. The molecule has 0 aliphatic rings. The Morgan fingerprint density at radius 1 is 0.927 bits per heavy atom. The summed E-state index contributed by atoms with van der Waals surface area (Å²) in [6.45, 7) is 8.70. The van der Waals surface area contributed by atoms with Crippen LogP contribution in [0.4, 0.5) is 5.69 Å². The molecule has 218 valence electrons. The molecule has 11 heteroatoms. The molecule has 0 saturated carbocycles. The van der Waals surface area contributed by atoms with Crippen LogP contribution in [0.3, 0.4) is 0 Å². The standard InChI is InChI=1S/C30H33BrClN3O6/c1-5-12-40-25-11-9-21(15-26(25)38-6-2)30(37)35-33-17-20-13-23(31)29(27(14-20)39-7-3)41-18-28(36)34-22-10-8-19(4)24(32)16-22/h8-11,13-17H,5-7,12,18H2,1-4H3,(H,34,36)(H,35,37)/b33-17+. The summed E-state index contributed by atoms with van der Waals surface area (Å²) in [5.74, 6) is 1.08. The molecule has 0 heterocycles. The predicted octanol–water partition coefficient (Wildman–Crippen LogP) is 6.78. The van der Waals surface area contributed by atoms with Gasteiger partial charge in [-0.2, -0.15) is 5.10 Å². The number of aryl methyl sites for hydroxylation is 1. The highest BCUT2D eigenvalue weighted by Gasteiger charge is 2.15. The zero-order valence-electron chi connectivity index (χ0n) is 23.4. The minimum Gasteiger partial charge on any atom is -0.490 e. The number of halogens is 2. The van der Waals surface area contributed by atoms with Crippen molar-refractivity contribution in [3.05, 3.63) is 74.7 Å². The van der Waals surface area contributed by atoms with Gasteiger partial charge in [-0.25, -0.2) is 5.43 Å². The first kappa shape index (κ1) is 31.8. The summed E-state index contributed by atoms with van der Waals surface area (Å²) in [5, 5.41) is 7.40. The molecule has 2 amide bonds. The fourth-order valence-electron chi connectivity index (χ4n) is 3.55. The number of anilines is 1. The quantitative estimate of drug-likeness (QED) is 0.148. The van der Waals surface area contributed by atoms with Gasteiger partial charge in [0.1, 0.15) is 0 Å². The maximum absolute atomic E-state index is 12.7. The van der Waals surface area contributed by atoms with E-state index < -0.39 is 5.91 Å². The van der Waals surface area contributed by atoms with Crippen molar-refractivity contribution in [3.8, 4) is 23.0 Å². The van der Waals surface area contributed by atoms with E-state index in [1.165, 1.54) is 6.21 Å². The van der Waals surface area contributed by atoms with Crippen molar-refractivity contribution >= 4 is 51.2 Å². The van der Waals surface area contributed by atoms with E-state index in [0.29, 0.717) is 69.1 Å². The Kier molecular flexibility index (Phi) is 12.3. The molecule has 3 aromatic carbocycles. The largest absolute Gasteiger partial charge is 0.490 e.